The van der Waals surface area contributed by atoms with Crippen molar-refractivity contribution in [1.82, 2.24) is 0 Å². The van der Waals surface area contributed by atoms with Gasteiger partial charge in [0.05, 0.1) is 25.4 Å². The Hall–Kier alpha value is -1.99. The third-order valence-corrected chi connectivity index (χ3v) is 2.30. The summed E-state index contributed by atoms with van der Waals surface area (Å²) in [6.07, 6.45) is 0. The fourth-order valence-electron chi connectivity index (χ4n) is 1.51. The number of nitrogens with two attached hydrogens (primary N) is 1. The summed E-state index contributed by atoms with van der Waals surface area (Å²) in [4.78, 5) is 12.3. The molecule has 6 N–H and O–H groups in total. The molecule has 0 saturated heterocycles. The fraction of sp³-hybridized carbons (Fsp3) is 0.364. The minimum absolute atomic E-state index is 0.00626. The zero-order valence-corrected chi connectivity index (χ0v) is 9.83. The van der Waals surface area contributed by atoms with E-state index in [1.54, 1.807) is 6.07 Å². The van der Waals surface area contributed by atoms with Crippen LogP contribution >= 0.6 is 0 Å². The third kappa shape index (κ3) is 3.51. The number of rotatable bonds is 6. The Balaban J connectivity index is 2.92. The molecule has 0 aromatic heterocycles. The van der Waals surface area contributed by atoms with E-state index < -0.39 is 6.03 Å². The minimum atomic E-state index is -0.754. The van der Waals surface area contributed by atoms with Crippen molar-refractivity contribution >= 4 is 17.4 Å². The lowest BCUT2D eigenvalue weighted by Gasteiger charge is -2.20. The molecule has 0 fully saturated rings. The van der Waals surface area contributed by atoms with Crippen molar-refractivity contribution in [1.29, 1.82) is 0 Å². The van der Waals surface area contributed by atoms with Gasteiger partial charge in [0.15, 0.2) is 0 Å². The summed E-state index contributed by atoms with van der Waals surface area (Å²) in [7, 11) is 0. The summed E-state index contributed by atoms with van der Waals surface area (Å²) in [5.74, 6) is -0.134. The number of nitrogens with zero attached hydrogens (tertiary/aromatic N) is 1. The summed E-state index contributed by atoms with van der Waals surface area (Å²) in [6, 6.07) is 3.81. The number of hydrogen-bond donors (Lipinski definition) is 5. The highest BCUT2D eigenvalue weighted by Crippen LogP contribution is 2.29. The van der Waals surface area contributed by atoms with Crippen LogP contribution in [0.15, 0.2) is 18.2 Å². The van der Waals surface area contributed by atoms with Gasteiger partial charge in [0, 0.05) is 18.3 Å². The largest absolute Gasteiger partial charge is 0.506 e. The minimum Gasteiger partial charge on any atom is -0.506 e. The number of carbonyl (C=O) groups excluding carboxylic acids is 1. The Morgan fingerprint density at radius 3 is 2.56 bits per heavy atom. The topological polar surface area (TPSA) is 119 Å². The molecule has 0 unspecified atom stereocenters. The first-order valence-electron chi connectivity index (χ1n) is 5.45. The Morgan fingerprint density at radius 2 is 2.06 bits per heavy atom. The molecule has 0 atom stereocenters. The number of amides is 2. The van der Waals surface area contributed by atoms with E-state index in [1.807, 2.05) is 0 Å². The second-order valence-corrected chi connectivity index (χ2v) is 3.57. The molecule has 0 radical (unpaired) electrons. The molecule has 0 aliphatic rings. The number of aromatic hydroxyl groups is 1. The van der Waals surface area contributed by atoms with E-state index >= 15 is 0 Å². The molecule has 100 valence electrons. The van der Waals surface area contributed by atoms with Crippen molar-refractivity contribution in [2.75, 3.05) is 36.5 Å². The number of phenolic OH excluding ortho intramolecular Hbond substituents is 1. The van der Waals surface area contributed by atoms with Crippen LogP contribution < -0.4 is 16.0 Å². The van der Waals surface area contributed by atoms with Crippen LogP contribution in [0.1, 0.15) is 0 Å². The van der Waals surface area contributed by atoms with Gasteiger partial charge in [0.1, 0.15) is 5.75 Å². The maximum atomic E-state index is 11.2. The van der Waals surface area contributed by atoms with E-state index in [9.17, 15) is 9.90 Å². The van der Waals surface area contributed by atoms with E-state index in [-0.39, 0.29) is 31.2 Å². The molecule has 0 saturated carbocycles. The van der Waals surface area contributed by atoms with Gasteiger partial charge < -0.3 is 26.4 Å². The molecular formula is C11H17N3O4. The standard InChI is InChI=1S/C11H17N3O4/c12-11(18)14(4-6-16)9-2-1-8(7-10(9)17)13-3-5-15/h1-2,7,13,15-17H,3-6H2,(H2,12,18). The molecule has 7 heteroatoms. The summed E-state index contributed by atoms with van der Waals surface area (Å²) in [5, 5.41) is 30.2. The maximum absolute atomic E-state index is 11.2. The molecule has 0 aliphatic heterocycles. The van der Waals surface area contributed by atoms with E-state index in [0.717, 1.165) is 4.90 Å². The number of aliphatic hydroxyl groups excluding tert-OH is 2. The molecule has 1 aromatic rings. The number of phenols is 1. The molecule has 1 rings (SSSR count). The number of nitrogens with one attached hydrogen (secondary N) is 1. The van der Waals surface area contributed by atoms with Crippen molar-refractivity contribution < 1.29 is 20.1 Å². The normalized spacial score (nSPS) is 10.1. The van der Waals surface area contributed by atoms with Gasteiger partial charge in [-0.05, 0) is 12.1 Å². The second kappa shape index (κ2) is 6.67. The highest BCUT2D eigenvalue weighted by atomic mass is 16.3. The van der Waals surface area contributed by atoms with Crippen LogP contribution in [-0.4, -0.2) is 47.7 Å². The smallest absolute Gasteiger partial charge is 0.319 e. The van der Waals surface area contributed by atoms with Crippen molar-refractivity contribution in [3.63, 3.8) is 0 Å². The number of aliphatic hydroxyl groups is 2. The SMILES string of the molecule is NC(=O)N(CCO)c1ccc(NCCO)cc1O. The predicted molar refractivity (Wildman–Crippen MR) is 67.7 cm³/mol. The quantitative estimate of drug-likeness (QED) is 0.477. The summed E-state index contributed by atoms with van der Waals surface area (Å²) < 4.78 is 0. The zero-order chi connectivity index (χ0) is 13.5. The summed E-state index contributed by atoms with van der Waals surface area (Å²) in [6.45, 7) is 0.0780. The average molecular weight is 255 g/mol. The molecule has 0 bridgehead atoms. The Morgan fingerprint density at radius 1 is 1.33 bits per heavy atom. The van der Waals surface area contributed by atoms with Crippen LogP contribution in [0, 0.1) is 0 Å². The maximum Gasteiger partial charge on any atom is 0.319 e. The van der Waals surface area contributed by atoms with Crippen LogP contribution in [0.2, 0.25) is 0 Å². The van der Waals surface area contributed by atoms with Gasteiger partial charge in [0.2, 0.25) is 0 Å². The summed E-state index contributed by atoms with van der Waals surface area (Å²) >= 11 is 0. The monoisotopic (exact) mass is 255 g/mol. The molecule has 0 aliphatic carbocycles. The summed E-state index contributed by atoms with van der Waals surface area (Å²) in [5.41, 5.74) is 6.00. The Labute approximate surface area is 104 Å². The molecule has 2 amide bonds. The lowest BCUT2D eigenvalue weighted by Crippen LogP contribution is -2.37. The van der Waals surface area contributed by atoms with Crippen LogP contribution in [-0.2, 0) is 0 Å². The van der Waals surface area contributed by atoms with Crippen LogP contribution in [0.3, 0.4) is 0 Å². The molecule has 0 spiro atoms. The molecule has 18 heavy (non-hydrogen) atoms. The fourth-order valence-corrected chi connectivity index (χ4v) is 1.51. The first kappa shape index (κ1) is 14.1. The first-order chi connectivity index (χ1) is 8.60. The van der Waals surface area contributed by atoms with Crippen molar-refractivity contribution in [3.05, 3.63) is 18.2 Å². The van der Waals surface area contributed by atoms with E-state index in [1.165, 1.54) is 12.1 Å². The Kier molecular flexibility index (Phi) is 5.22. The zero-order valence-electron chi connectivity index (χ0n) is 9.83. The average Bonchev–Trinajstić information content (AvgIpc) is 2.34. The van der Waals surface area contributed by atoms with Gasteiger partial charge in [-0.15, -0.1) is 0 Å². The van der Waals surface area contributed by atoms with Crippen LogP contribution in [0.5, 0.6) is 5.75 Å². The van der Waals surface area contributed by atoms with Gasteiger partial charge in [-0.3, -0.25) is 4.90 Å². The van der Waals surface area contributed by atoms with Gasteiger partial charge in [-0.25, -0.2) is 4.79 Å². The van der Waals surface area contributed by atoms with Crippen molar-refractivity contribution in [3.8, 4) is 5.75 Å². The van der Waals surface area contributed by atoms with Crippen LogP contribution in [0.25, 0.3) is 0 Å². The number of hydrogen-bond acceptors (Lipinski definition) is 5. The van der Waals surface area contributed by atoms with E-state index in [4.69, 9.17) is 15.9 Å². The molecule has 7 nitrogen and oxygen atoms in total. The number of carbonyl (C=O) groups is 1. The van der Waals surface area contributed by atoms with E-state index in [0.29, 0.717) is 12.2 Å². The first-order valence-corrected chi connectivity index (χ1v) is 5.45. The lowest BCUT2D eigenvalue weighted by molar-refractivity contribution is 0.249. The molecule has 1 aromatic carbocycles. The van der Waals surface area contributed by atoms with Crippen LogP contribution in [0.4, 0.5) is 16.2 Å². The Bertz CT molecular complexity index is 411. The third-order valence-electron chi connectivity index (χ3n) is 2.30. The molecule has 0 heterocycles. The van der Waals surface area contributed by atoms with Gasteiger partial charge in [-0.1, -0.05) is 0 Å². The number of urea groups is 1. The van der Waals surface area contributed by atoms with E-state index in [2.05, 4.69) is 5.32 Å². The molecular weight excluding hydrogens is 238 g/mol. The van der Waals surface area contributed by atoms with Crippen molar-refractivity contribution in [2.24, 2.45) is 5.73 Å². The highest BCUT2D eigenvalue weighted by Gasteiger charge is 2.15. The van der Waals surface area contributed by atoms with Gasteiger partial charge in [-0.2, -0.15) is 0 Å². The number of benzene rings is 1. The second-order valence-electron chi connectivity index (χ2n) is 3.57. The van der Waals surface area contributed by atoms with Crippen molar-refractivity contribution in [2.45, 2.75) is 0 Å². The lowest BCUT2D eigenvalue weighted by atomic mass is 10.2. The predicted octanol–water partition coefficient (Wildman–Crippen LogP) is -0.326. The highest BCUT2D eigenvalue weighted by molar-refractivity contribution is 5.92. The van der Waals surface area contributed by atoms with Gasteiger partial charge in [0.25, 0.3) is 0 Å². The number of anilines is 2. The number of primary amides is 1. The van der Waals surface area contributed by atoms with Gasteiger partial charge >= 0.3 is 6.03 Å².